The Hall–Kier alpha value is -1.29. The van der Waals surface area contributed by atoms with Crippen LogP contribution < -0.4 is 4.90 Å². The van der Waals surface area contributed by atoms with E-state index in [1.54, 1.807) is 0 Å². The molecule has 1 aliphatic rings. The van der Waals surface area contributed by atoms with Gasteiger partial charge in [0.05, 0.1) is 5.69 Å². The average Bonchev–Trinajstić information content (AvgIpc) is 3.11. The summed E-state index contributed by atoms with van der Waals surface area (Å²) in [6.45, 7) is 7.38. The van der Waals surface area contributed by atoms with Crippen molar-refractivity contribution >= 4 is 22.9 Å². The van der Waals surface area contributed by atoms with Crippen LogP contribution in [0.15, 0.2) is 18.5 Å². The van der Waals surface area contributed by atoms with E-state index in [1.165, 1.54) is 12.8 Å². The zero-order chi connectivity index (χ0) is 14.3. The van der Waals surface area contributed by atoms with Crippen molar-refractivity contribution < 1.29 is 0 Å². The lowest BCUT2D eigenvalue weighted by atomic mass is 9.92. The lowest BCUT2D eigenvalue weighted by molar-refractivity contribution is 0.562. The Labute approximate surface area is 124 Å². The van der Waals surface area contributed by atoms with E-state index in [-0.39, 0.29) is 5.41 Å². The number of hydrogen-bond donors (Lipinski definition) is 0. The molecule has 0 bridgehead atoms. The zero-order valence-electron chi connectivity index (χ0n) is 12.3. The second-order valence-corrected chi connectivity index (χ2v) is 6.85. The van der Waals surface area contributed by atoms with Crippen LogP contribution in [-0.4, -0.2) is 33.1 Å². The summed E-state index contributed by atoms with van der Waals surface area (Å²) in [7, 11) is 0. The van der Waals surface area contributed by atoms with Crippen molar-refractivity contribution in [1.29, 1.82) is 0 Å². The maximum Gasteiger partial charge on any atom is 0.154 e. The van der Waals surface area contributed by atoms with E-state index >= 15 is 0 Å². The third-order valence-electron chi connectivity index (χ3n) is 3.72. The maximum absolute atomic E-state index is 5.96. The molecule has 2 heterocycles. The van der Waals surface area contributed by atoms with Gasteiger partial charge < -0.3 is 4.90 Å². The molecule has 0 aliphatic heterocycles. The van der Waals surface area contributed by atoms with Crippen molar-refractivity contribution in [2.45, 2.75) is 45.1 Å². The third kappa shape index (κ3) is 2.49. The fourth-order valence-electron chi connectivity index (χ4n) is 2.43. The molecule has 108 valence electrons. The molecule has 0 atom stereocenters. The van der Waals surface area contributed by atoms with E-state index in [0.717, 1.165) is 23.6 Å². The summed E-state index contributed by atoms with van der Waals surface area (Å²) >= 11 is 5.96. The highest BCUT2D eigenvalue weighted by Crippen LogP contribution is 2.33. The number of halogens is 1. The molecule has 2 aromatic heterocycles. The Morgan fingerprint density at radius 2 is 2.15 bits per heavy atom. The van der Waals surface area contributed by atoms with Crippen LogP contribution in [0.1, 0.15) is 39.3 Å². The van der Waals surface area contributed by atoms with Crippen molar-refractivity contribution in [3.8, 4) is 0 Å². The molecular formula is C15H21ClN4. The molecule has 1 fully saturated rings. The first-order chi connectivity index (χ1) is 9.50. The maximum atomic E-state index is 5.96. The van der Waals surface area contributed by atoms with E-state index in [2.05, 4.69) is 41.8 Å². The number of aromatic nitrogens is 3. The third-order valence-corrected chi connectivity index (χ3v) is 3.89. The van der Waals surface area contributed by atoms with Crippen molar-refractivity contribution in [3.05, 3.63) is 24.2 Å². The Bertz CT molecular complexity index is 610. The summed E-state index contributed by atoms with van der Waals surface area (Å²) in [5.74, 6) is 1.64. The molecule has 1 aliphatic carbocycles. The van der Waals surface area contributed by atoms with Gasteiger partial charge in [-0.05, 0) is 18.9 Å². The first-order valence-electron chi connectivity index (χ1n) is 7.18. The van der Waals surface area contributed by atoms with Gasteiger partial charge in [0, 0.05) is 36.3 Å². The van der Waals surface area contributed by atoms with E-state index in [0.29, 0.717) is 11.9 Å². The Balaban J connectivity index is 2.08. The van der Waals surface area contributed by atoms with Crippen LogP contribution >= 0.6 is 11.6 Å². The van der Waals surface area contributed by atoms with Crippen molar-refractivity contribution in [2.24, 2.45) is 0 Å². The number of nitrogens with zero attached hydrogens (tertiary/aromatic N) is 4. The lowest BCUT2D eigenvalue weighted by Gasteiger charge is -2.22. The molecule has 0 amide bonds. The molecule has 5 heteroatoms. The molecule has 0 aromatic carbocycles. The van der Waals surface area contributed by atoms with Crippen LogP contribution in [0.2, 0.25) is 0 Å². The number of rotatable bonds is 4. The van der Waals surface area contributed by atoms with Gasteiger partial charge in [0.25, 0.3) is 0 Å². The van der Waals surface area contributed by atoms with Gasteiger partial charge in [0.15, 0.2) is 5.82 Å². The fraction of sp³-hybridized carbons (Fsp3) is 0.600. The zero-order valence-corrected chi connectivity index (χ0v) is 13.1. The largest absolute Gasteiger partial charge is 0.351 e. The SMILES string of the molecule is CC(C)(C)c1cc2c(N(CCCl)C3CC3)nccn2n1. The van der Waals surface area contributed by atoms with Gasteiger partial charge in [-0.15, -0.1) is 11.6 Å². The second-order valence-electron chi connectivity index (χ2n) is 6.47. The summed E-state index contributed by atoms with van der Waals surface area (Å²) in [6, 6.07) is 2.76. The number of fused-ring (bicyclic) bond motifs is 1. The molecule has 0 N–H and O–H groups in total. The van der Waals surface area contributed by atoms with Crippen LogP contribution in [-0.2, 0) is 5.41 Å². The van der Waals surface area contributed by atoms with E-state index in [9.17, 15) is 0 Å². The quantitative estimate of drug-likeness (QED) is 0.811. The molecule has 4 nitrogen and oxygen atoms in total. The minimum absolute atomic E-state index is 0.0419. The monoisotopic (exact) mass is 292 g/mol. The Morgan fingerprint density at radius 1 is 1.40 bits per heavy atom. The summed E-state index contributed by atoms with van der Waals surface area (Å²) in [6.07, 6.45) is 6.21. The lowest BCUT2D eigenvalue weighted by Crippen LogP contribution is -2.29. The summed E-state index contributed by atoms with van der Waals surface area (Å²) < 4.78 is 1.94. The molecule has 2 aromatic rings. The van der Waals surface area contributed by atoms with E-state index in [4.69, 9.17) is 11.6 Å². The van der Waals surface area contributed by atoms with Crippen LogP contribution in [0.5, 0.6) is 0 Å². The normalized spacial score (nSPS) is 15.8. The highest BCUT2D eigenvalue weighted by Gasteiger charge is 2.31. The van der Waals surface area contributed by atoms with Crippen LogP contribution in [0, 0.1) is 0 Å². The van der Waals surface area contributed by atoms with E-state index < -0.39 is 0 Å². The molecule has 3 rings (SSSR count). The van der Waals surface area contributed by atoms with Crippen LogP contribution in [0.25, 0.3) is 5.52 Å². The van der Waals surface area contributed by atoms with Gasteiger partial charge in [-0.25, -0.2) is 9.50 Å². The van der Waals surface area contributed by atoms with Gasteiger partial charge in [0.1, 0.15) is 5.52 Å². The Kier molecular flexibility index (Phi) is 3.36. The minimum atomic E-state index is 0.0419. The van der Waals surface area contributed by atoms with Gasteiger partial charge in [-0.1, -0.05) is 20.8 Å². The standard InChI is InChI=1S/C15H21ClN4/c1-15(2,3)13-10-12-14(17-7-9-20(12)18-13)19(8-6-16)11-4-5-11/h7,9-11H,4-6,8H2,1-3H3. The number of alkyl halides is 1. The number of hydrogen-bond acceptors (Lipinski definition) is 3. The predicted molar refractivity (Wildman–Crippen MR) is 82.8 cm³/mol. The minimum Gasteiger partial charge on any atom is -0.351 e. The Morgan fingerprint density at radius 3 is 2.75 bits per heavy atom. The second kappa shape index (κ2) is 4.92. The summed E-state index contributed by atoms with van der Waals surface area (Å²) in [5, 5.41) is 4.68. The molecule has 0 unspecified atom stereocenters. The first kappa shape index (κ1) is 13.7. The van der Waals surface area contributed by atoms with Gasteiger partial charge >= 0.3 is 0 Å². The van der Waals surface area contributed by atoms with Gasteiger partial charge in [0.2, 0.25) is 0 Å². The molecule has 20 heavy (non-hydrogen) atoms. The molecule has 1 saturated carbocycles. The smallest absolute Gasteiger partial charge is 0.154 e. The molecule has 0 spiro atoms. The average molecular weight is 293 g/mol. The summed E-state index contributed by atoms with van der Waals surface area (Å²) in [4.78, 5) is 6.92. The van der Waals surface area contributed by atoms with Crippen LogP contribution in [0.3, 0.4) is 0 Å². The van der Waals surface area contributed by atoms with Gasteiger partial charge in [-0.3, -0.25) is 0 Å². The van der Waals surface area contributed by atoms with Crippen LogP contribution in [0.4, 0.5) is 5.82 Å². The number of anilines is 1. The molecule has 0 saturated heterocycles. The topological polar surface area (TPSA) is 33.4 Å². The highest BCUT2D eigenvalue weighted by atomic mass is 35.5. The fourth-order valence-corrected chi connectivity index (χ4v) is 2.62. The van der Waals surface area contributed by atoms with Gasteiger partial charge in [-0.2, -0.15) is 5.10 Å². The highest BCUT2D eigenvalue weighted by molar-refractivity contribution is 6.18. The van der Waals surface area contributed by atoms with Crippen molar-refractivity contribution in [2.75, 3.05) is 17.3 Å². The molecular weight excluding hydrogens is 272 g/mol. The predicted octanol–water partition coefficient (Wildman–Crippen LogP) is 3.23. The van der Waals surface area contributed by atoms with Crippen molar-refractivity contribution in [3.63, 3.8) is 0 Å². The molecule has 0 radical (unpaired) electrons. The van der Waals surface area contributed by atoms with Crippen molar-refractivity contribution in [1.82, 2.24) is 14.6 Å². The summed E-state index contributed by atoms with van der Waals surface area (Å²) in [5.41, 5.74) is 2.21. The first-order valence-corrected chi connectivity index (χ1v) is 7.71. The van der Waals surface area contributed by atoms with E-state index in [1.807, 2.05) is 16.9 Å².